The molecule has 0 aromatic rings. The highest BCUT2D eigenvalue weighted by Gasteiger charge is 1.93. The summed E-state index contributed by atoms with van der Waals surface area (Å²) in [6, 6.07) is 0. The van der Waals surface area contributed by atoms with Crippen molar-refractivity contribution in [2.45, 2.75) is 39.5 Å². The number of carboxylic acids is 1. The fraction of sp³-hybridized carbons (Fsp3) is 0.667. The average molecular weight is 156 g/mol. The third-order valence-corrected chi connectivity index (χ3v) is 1.50. The van der Waals surface area contributed by atoms with Crippen molar-refractivity contribution in [3.63, 3.8) is 0 Å². The van der Waals surface area contributed by atoms with E-state index >= 15 is 0 Å². The van der Waals surface area contributed by atoms with E-state index in [4.69, 9.17) is 5.11 Å². The van der Waals surface area contributed by atoms with Gasteiger partial charge in [-0.15, -0.1) is 0 Å². The van der Waals surface area contributed by atoms with Gasteiger partial charge in [0.1, 0.15) is 0 Å². The maximum Gasteiger partial charge on any atom is 0.303 e. The van der Waals surface area contributed by atoms with Crippen LogP contribution in [-0.2, 0) is 4.79 Å². The van der Waals surface area contributed by atoms with Gasteiger partial charge in [-0.2, -0.15) is 0 Å². The zero-order valence-electron chi connectivity index (χ0n) is 7.26. The van der Waals surface area contributed by atoms with Crippen LogP contribution in [0.1, 0.15) is 39.5 Å². The summed E-state index contributed by atoms with van der Waals surface area (Å²) in [7, 11) is 0. The highest BCUT2D eigenvalue weighted by Crippen LogP contribution is 2.05. The van der Waals surface area contributed by atoms with Crippen LogP contribution in [0.3, 0.4) is 0 Å². The second kappa shape index (κ2) is 5.96. The van der Waals surface area contributed by atoms with Gasteiger partial charge in [0.25, 0.3) is 0 Å². The average Bonchev–Trinajstić information content (AvgIpc) is 1.87. The largest absolute Gasteiger partial charge is 0.481 e. The first-order valence-electron chi connectivity index (χ1n) is 4.04. The van der Waals surface area contributed by atoms with Crippen LogP contribution in [0.4, 0.5) is 0 Å². The first-order chi connectivity index (χ1) is 5.16. The molecule has 0 aliphatic rings. The van der Waals surface area contributed by atoms with Crippen molar-refractivity contribution in [2.24, 2.45) is 0 Å². The van der Waals surface area contributed by atoms with E-state index in [1.807, 2.05) is 13.0 Å². The van der Waals surface area contributed by atoms with Gasteiger partial charge in [0.15, 0.2) is 0 Å². The standard InChI is InChI=1S/C9H16O2/c1-3-5-8(2)6-4-7-9(10)11/h6H,3-5,7H2,1-2H3,(H,10,11)/b8-6+. The fourth-order valence-electron chi connectivity index (χ4n) is 0.938. The monoisotopic (exact) mass is 156 g/mol. The molecule has 1 N–H and O–H groups in total. The highest BCUT2D eigenvalue weighted by atomic mass is 16.4. The Kier molecular flexibility index (Phi) is 5.53. The second-order valence-electron chi connectivity index (χ2n) is 2.73. The predicted octanol–water partition coefficient (Wildman–Crippen LogP) is 2.60. The Morgan fingerprint density at radius 3 is 2.55 bits per heavy atom. The van der Waals surface area contributed by atoms with Crippen LogP contribution in [0.2, 0.25) is 0 Å². The molecule has 0 atom stereocenters. The molecule has 0 aliphatic carbocycles. The van der Waals surface area contributed by atoms with Crippen LogP contribution in [0.5, 0.6) is 0 Å². The highest BCUT2D eigenvalue weighted by molar-refractivity contribution is 5.66. The lowest BCUT2D eigenvalue weighted by atomic mass is 10.1. The Bertz CT molecular complexity index is 148. The van der Waals surface area contributed by atoms with Crippen LogP contribution >= 0.6 is 0 Å². The van der Waals surface area contributed by atoms with Crippen LogP contribution in [0.15, 0.2) is 11.6 Å². The van der Waals surface area contributed by atoms with Crippen LogP contribution in [0.25, 0.3) is 0 Å². The second-order valence-corrected chi connectivity index (χ2v) is 2.73. The SMILES string of the molecule is CCC/C(C)=C/CCC(=O)O. The number of hydrogen-bond donors (Lipinski definition) is 1. The Hall–Kier alpha value is -0.790. The van der Waals surface area contributed by atoms with Gasteiger partial charge < -0.3 is 5.11 Å². The lowest BCUT2D eigenvalue weighted by Crippen LogP contribution is -1.92. The molecule has 0 aliphatic heterocycles. The Balaban J connectivity index is 3.47. The minimum Gasteiger partial charge on any atom is -0.481 e. The number of carbonyl (C=O) groups is 1. The maximum atomic E-state index is 10.1. The molecule has 0 heterocycles. The van der Waals surface area contributed by atoms with Gasteiger partial charge in [0, 0.05) is 6.42 Å². The van der Waals surface area contributed by atoms with Crippen LogP contribution < -0.4 is 0 Å². The molecule has 0 saturated carbocycles. The van der Waals surface area contributed by atoms with E-state index in [0.717, 1.165) is 12.8 Å². The smallest absolute Gasteiger partial charge is 0.303 e. The number of hydrogen-bond acceptors (Lipinski definition) is 1. The summed E-state index contributed by atoms with van der Waals surface area (Å²) in [5.74, 6) is -0.717. The van der Waals surface area contributed by atoms with E-state index in [-0.39, 0.29) is 6.42 Å². The lowest BCUT2D eigenvalue weighted by molar-refractivity contribution is -0.136. The number of aliphatic carboxylic acids is 1. The first-order valence-corrected chi connectivity index (χ1v) is 4.04. The molecule has 0 unspecified atom stereocenters. The van der Waals surface area contributed by atoms with E-state index in [1.54, 1.807) is 0 Å². The van der Waals surface area contributed by atoms with Crippen molar-refractivity contribution < 1.29 is 9.90 Å². The Morgan fingerprint density at radius 1 is 1.45 bits per heavy atom. The van der Waals surface area contributed by atoms with Crippen molar-refractivity contribution in [1.29, 1.82) is 0 Å². The molecule has 2 nitrogen and oxygen atoms in total. The van der Waals surface area contributed by atoms with E-state index in [2.05, 4.69) is 6.92 Å². The normalized spacial score (nSPS) is 11.6. The van der Waals surface area contributed by atoms with Crippen molar-refractivity contribution >= 4 is 5.97 Å². The minimum atomic E-state index is -0.717. The van der Waals surface area contributed by atoms with Crippen LogP contribution in [0, 0.1) is 0 Å². The first kappa shape index (κ1) is 10.2. The molecule has 0 spiro atoms. The summed E-state index contributed by atoms with van der Waals surface area (Å²) >= 11 is 0. The summed E-state index contributed by atoms with van der Waals surface area (Å²) in [5, 5.41) is 8.33. The Morgan fingerprint density at radius 2 is 2.09 bits per heavy atom. The quantitative estimate of drug-likeness (QED) is 0.621. The zero-order valence-corrected chi connectivity index (χ0v) is 7.26. The summed E-state index contributed by atoms with van der Waals surface area (Å²) < 4.78 is 0. The molecule has 0 radical (unpaired) electrons. The molecule has 0 aromatic heterocycles. The summed E-state index contributed by atoms with van der Waals surface area (Å²) in [6.07, 6.45) is 5.15. The lowest BCUT2D eigenvalue weighted by Gasteiger charge is -1.95. The molecule has 0 bridgehead atoms. The summed E-state index contributed by atoms with van der Waals surface area (Å²) in [5.41, 5.74) is 1.30. The van der Waals surface area contributed by atoms with Crippen molar-refractivity contribution in [2.75, 3.05) is 0 Å². The van der Waals surface area contributed by atoms with Crippen molar-refractivity contribution in [3.05, 3.63) is 11.6 Å². The molecular weight excluding hydrogens is 140 g/mol. The number of carboxylic acid groups (broad SMARTS) is 1. The molecule has 11 heavy (non-hydrogen) atoms. The Labute approximate surface area is 67.9 Å². The van der Waals surface area contributed by atoms with Gasteiger partial charge in [0.05, 0.1) is 0 Å². The van der Waals surface area contributed by atoms with Gasteiger partial charge in [-0.1, -0.05) is 25.0 Å². The van der Waals surface area contributed by atoms with Crippen molar-refractivity contribution in [3.8, 4) is 0 Å². The third kappa shape index (κ3) is 7.10. The zero-order chi connectivity index (χ0) is 8.69. The molecule has 0 saturated heterocycles. The molecule has 64 valence electrons. The van der Waals surface area contributed by atoms with E-state index in [0.29, 0.717) is 6.42 Å². The molecule has 0 amide bonds. The maximum absolute atomic E-state index is 10.1. The number of allylic oxidation sites excluding steroid dienone is 2. The molecular formula is C9H16O2. The van der Waals surface area contributed by atoms with E-state index in [1.165, 1.54) is 5.57 Å². The van der Waals surface area contributed by atoms with Gasteiger partial charge >= 0.3 is 5.97 Å². The molecule has 2 heteroatoms. The van der Waals surface area contributed by atoms with E-state index in [9.17, 15) is 4.79 Å². The third-order valence-electron chi connectivity index (χ3n) is 1.50. The fourth-order valence-corrected chi connectivity index (χ4v) is 0.938. The number of rotatable bonds is 5. The van der Waals surface area contributed by atoms with Crippen molar-refractivity contribution in [1.82, 2.24) is 0 Å². The summed E-state index contributed by atoms with van der Waals surface area (Å²) in [4.78, 5) is 10.1. The van der Waals surface area contributed by atoms with Gasteiger partial charge in [0.2, 0.25) is 0 Å². The topological polar surface area (TPSA) is 37.3 Å². The molecule has 0 fully saturated rings. The van der Waals surface area contributed by atoms with Crippen LogP contribution in [-0.4, -0.2) is 11.1 Å². The van der Waals surface area contributed by atoms with E-state index < -0.39 is 5.97 Å². The van der Waals surface area contributed by atoms with Gasteiger partial charge in [-0.05, 0) is 19.8 Å². The predicted molar refractivity (Wildman–Crippen MR) is 45.5 cm³/mol. The van der Waals surface area contributed by atoms with Gasteiger partial charge in [-0.25, -0.2) is 0 Å². The summed E-state index contributed by atoms with van der Waals surface area (Å²) in [6.45, 7) is 4.17. The molecule has 0 rings (SSSR count). The minimum absolute atomic E-state index is 0.251. The molecule has 0 aromatic carbocycles. The van der Waals surface area contributed by atoms with Gasteiger partial charge in [-0.3, -0.25) is 4.79 Å².